The summed E-state index contributed by atoms with van der Waals surface area (Å²) in [4.78, 5) is 25.6. The van der Waals surface area contributed by atoms with Crippen molar-refractivity contribution < 1.29 is 36.6 Å². The van der Waals surface area contributed by atoms with Gasteiger partial charge in [-0.1, -0.05) is 42.5 Å². The number of carbonyl (C=O) groups excluding carboxylic acids is 2. The normalized spacial score (nSPS) is 18.7. The summed E-state index contributed by atoms with van der Waals surface area (Å²) < 4.78 is 62.2. The summed E-state index contributed by atoms with van der Waals surface area (Å²) in [6.45, 7) is 1.62. The van der Waals surface area contributed by atoms with Crippen LogP contribution in [0.25, 0.3) is 0 Å². The van der Waals surface area contributed by atoms with Crippen molar-refractivity contribution in [1.29, 1.82) is 0 Å². The molecule has 0 radical (unpaired) electrons. The molecular weight excluding hydrogens is 442 g/mol. The van der Waals surface area contributed by atoms with E-state index in [1.807, 2.05) is 29.2 Å². The van der Waals surface area contributed by atoms with Crippen molar-refractivity contribution in [1.82, 2.24) is 4.90 Å². The van der Waals surface area contributed by atoms with Crippen molar-refractivity contribution in [2.45, 2.75) is 37.6 Å². The Balaban J connectivity index is 1.46. The maximum Gasteiger partial charge on any atom is 0.491 e. The average molecular weight is 465 g/mol. The number of nitrogens with zero attached hydrogens (tertiary/aromatic N) is 1. The molecule has 2 aromatic carbocycles. The number of hydrogen-bond acceptors (Lipinski definition) is 5. The van der Waals surface area contributed by atoms with E-state index in [0.717, 1.165) is 11.1 Å². The van der Waals surface area contributed by atoms with E-state index in [-0.39, 0.29) is 18.5 Å². The zero-order valence-electron chi connectivity index (χ0n) is 17.7. The number of piperidine rings is 1. The molecule has 0 aliphatic carbocycles. The smallest absolute Gasteiger partial charge is 0.386 e. The van der Waals surface area contributed by atoms with Crippen LogP contribution in [0.1, 0.15) is 29.5 Å². The van der Waals surface area contributed by atoms with Gasteiger partial charge in [-0.2, -0.15) is 13.2 Å². The van der Waals surface area contributed by atoms with Crippen LogP contribution in [0.15, 0.2) is 48.5 Å². The lowest BCUT2D eigenvalue weighted by Gasteiger charge is -2.40. The summed E-state index contributed by atoms with van der Waals surface area (Å²) in [7, 11) is 0. The van der Waals surface area contributed by atoms with E-state index in [0.29, 0.717) is 32.5 Å². The third kappa shape index (κ3) is 5.09. The fourth-order valence-electron chi connectivity index (χ4n) is 4.59. The number of halogens is 4. The number of rotatable bonds is 5. The van der Waals surface area contributed by atoms with Gasteiger partial charge in [0, 0.05) is 19.6 Å². The summed E-state index contributed by atoms with van der Waals surface area (Å²) in [6.07, 6.45) is -4.18. The van der Waals surface area contributed by atoms with E-state index < -0.39 is 35.5 Å². The van der Waals surface area contributed by atoms with Crippen LogP contribution in [0, 0.1) is 11.7 Å². The molecule has 33 heavy (non-hydrogen) atoms. The Hall–Kier alpha value is -2.78. The van der Waals surface area contributed by atoms with Gasteiger partial charge in [0.05, 0.1) is 18.1 Å². The molecule has 176 valence electrons. The highest BCUT2D eigenvalue weighted by Gasteiger charge is 2.45. The Morgan fingerprint density at radius 2 is 1.73 bits per heavy atom. The second-order valence-corrected chi connectivity index (χ2v) is 8.44. The summed E-state index contributed by atoms with van der Waals surface area (Å²) >= 11 is 0. The molecule has 0 N–H and O–H groups in total. The second-order valence-electron chi connectivity index (χ2n) is 8.44. The molecule has 9 heteroatoms. The highest BCUT2D eigenvalue weighted by atomic mass is 19.4. The van der Waals surface area contributed by atoms with E-state index in [4.69, 9.17) is 4.74 Å². The Morgan fingerprint density at radius 3 is 2.42 bits per heavy atom. The average Bonchev–Trinajstić information content (AvgIpc) is 3.14. The Kier molecular flexibility index (Phi) is 6.54. The Bertz CT molecular complexity index is 1030. The zero-order chi connectivity index (χ0) is 23.6. The van der Waals surface area contributed by atoms with Crippen LogP contribution in [-0.2, 0) is 37.7 Å². The van der Waals surface area contributed by atoms with Gasteiger partial charge < -0.3 is 14.4 Å². The summed E-state index contributed by atoms with van der Waals surface area (Å²) in [5.74, 6) is -5.60. The van der Waals surface area contributed by atoms with Crippen molar-refractivity contribution in [2.75, 3.05) is 19.6 Å². The van der Waals surface area contributed by atoms with Gasteiger partial charge in [-0.3, -0.25) is 4.79 Å². The molecule has 2 heterocycles. The number of ether oxygens (including phenoxy) is 2. The monoisotopic (exact) mass is 465 g/mol. The fourth-order valence-corrected chi connectivity index (χ4v) is 4.59. The fraction of sp³-hybridized carbons (Fsp3) is 0.417. The van der Waals surface area contributed by atoms with Crippen molar-refractivity contribution in [3.05, 3.63) is 71.0 Å². The molecule has 4 rings (SSSR count). The van der Waals surface area contributed by atoms with Crippen LogP contribution in [0.2, 0.25) is 0 Å². The molecule has 1 fully saturated rings. The Labute approximate surface area is 188 Å². The minimum absolute atomic E-state index is 0.0377. The number of carbonyl (C=O) groups is 2. The highest BCUT2D eigenvalue weighted by Crippen LogP contribution is 2.44. The third-order valence-electron chi connectivity index (χ3n) is 6.34. The zero-order valence-corrected chi connectivity index (χ0v) is 17.7. The lowest BCUT2D eigenvalue weighted by Crippen LogP contribution is -2.46. The van der Waals surface area contributed by atoms with Gasteiger partial charge >= 0.3 is 18.1 Å². The Morgan fingerprint density at radius 1 is 1.06 bits per heavy atom. The quantitative estimate of drug-likeness (QED) is 0.378. The number of alkyl halides is 3. The van der Waals surface area contributed by atoms with Crippen LogP contribution < -0.4 is 0 Å². The second kappa shape index (κ2) is 9.23. The first-order valence-electron chi connectivity index (χ1n) is 10.7. The molecule has 2 aliphatic rings. The van der Waals surface area contributed by atoms with Gasteiger partial charge in [0.2, 0.25) is 0 Å². The SMILES string of the molecule is O=C(OC(=O)C(F)(F)F)C(Cc1ccccc1F)CN1CCC2(CC1)OCc1ccccc12. The molecule has 0 aromatic heterocycles. The first-order chi connectivity index (χ1) is 15.7. The molecule has 1 unspecified atom stereocenters. The van der Waals surface area contributed by atoms with Crippen LogP contribution in [0.4, 0.5) is 17.6 Å². The number of fused-ring (bicyclic) bond motifs is 2. The maximum atomic E-state index is 14.2. The topological polar surface area (TPSA) is 55.8 Å². The van der Waals surface area contributed by atoms with E-state index in [9.17, 15) is 27.2 Å². The van der Waals surface area contributed by atoms with Crippen LogP contribution in [0.5, 0.6) is 0 Å². The molecule has 2 aliphatic heterocycles. The van der Waals surface area contributed by atoms with Gasteiger partial charge in [0.1, 0.15) is 5.82 Å². The molecule has 0 bridgehead atoms. The van der Waals surface area contributed by atoms with E-state index in [1.54, 1.807) is 6.07 Å². The van der Waals surface area contributed by atoms with E-state index >= 15 is 0 Å². The predicted octanol–water partition coefficient (Wildman–Crippen LogP) is 4.14. The van der Waals surface area contributed by atoms with Gasteiger partial charge in [-0.25, -0.2) is 9.18 Å². The summed E-state index contributed by atoms with van der Waals surface area (Å²) in [5.41, 5.74) is 2.03. The largest absolute Gasteiger partial charge is 0.491 e. The number of benzene rings is 2. The molecule has 2 aromatic rings. The lowest BCUT2D eigenvalue weighted by atomic mass is 9.83. The van der Waals surface area contributed by atoms with E-state index in [2.05, 4.69) is 4.74 Å². The third-order valence-corrected chi connectivity index (χ3v) is 6.34. The minimum Gasteiger partial charge on any atom is -0.386 e. The van der Waals surface area contributed by atoms with Crippen molar-refractivity contribution in [3.8, 4) is 0 Å². The number of likely N-dealkylation sites (tertiary alicyclic amines) is 1. The number of hydrogen-bond donors (Lipinski definition) is 0. The van der Waals surface area contributed by atoms with Gasteiger partial charge in [-0.05, 0) is 42.0 Å². The first kappa shape index (κ1) is 23.4. The van der Waals surface area contributed by atoms with Gasteiger partial charge in [0.25, 0.3) is 0 Å². The molecule has 0 saturated carbocycles. The van der Waals surface area contributed by atoms with E-state index in [1.165, 1.54) is 18.2 Å². The van der Waals surface area contributed by atoms with Gasteiger partial charge in [-0.15, -0.1) is 0 Å². The molecule has 0 amide bonds. The molecule has 1 atom stereocenters. The number of esters is 2. The first-order valence-corrected chi connectivity index (χ1v) is 10.7. The summed E-state index contributed by atoms with van der Waals surface area (Å²) in [6, 6.07) is 13.7. The predicted molar refractivity (Wildman–Crippen MR) is 109 cm³/mol. The van der Waals surface area contributed by atoms with Crippen molar-refractivity contribution >= 4 is 11.9 Å². The van der Waals surface area contributed by atoms with Crippen LogP contribution in [-0.4, -0.2) is 42.6 Å². The van der Waals surface area contributed by atoms with Crippen LogP contribution >= 0.6 is 0 Å². The molecular formula is C24H23F4NO4. The molecule has 1 saturated heterocycles. The van der Waals surface area contributed by atoms with Crippen molar-refractivity contribution in [3.63, 3.8) is 0 Å². The highest BCUT2D eigenvalue weighted by molar-refractivity contribution is 5.89. The molecule has 1 spiro atoms. The summed E-state index contributed by atoms with van der Waals surface area (Å²) in [5, 5.41) is 0. The minimum atomic E-state index is -5.29. The van der Waals surface area contributed by atoms with Crippen LogP contribution in [0.3, 0.4) is 0 Å². The molecule has 5 nitrogen and oxygen atoms in total. The van der Waals surface area contributed by atoms with Crippen molar-refractivity contribution in [2.24, 2.45) is 5.92 Å². The maximum absolute atomic E-state index is 14.2. The van der Waals surface area contributed by atoms with Gasteiger partial charge in [0.15, 0.2) is 0 Å². The standard InChI is InChI=1S/C24H23F4NO4/c25-20-8-4-2-5-16(20)13-18(21(30)33-22(31)24(26,27)28)14-29-11-9-23(10-12-29)19-7-3-1-6-17(19)15-32-23/h1-8,18H,9-15H2. The lowest BCUT2D eigenvalue weighted by molar-refractivity contribution is -0.203.